The summed E-state index contributed by atoms with van der Waals surface area (Å²) in [6, 6.07) is 13.3. The van der Waals surface area contributed by atoms with Crippen molar-refractivity contribution in [2.24, 2.45) is 0 Å². The number of amides is 1. The summed E-state index contributed by atoms with van der Waals surface area (Å²) < 4.78 is 1.02. The van der Waals surface area contributed by atoms with E-state index >= 15 is 0 Å². The minimum atomic E-state index is -0.116. The van der Waals surface area contributed by atoms with Crippen LogP contribution in [-0.2, 0) is 6.54 Å². The van der Waals surface area contributed by atoms with Crippen LogP contribution in [0.3, 0.4) is 0 Å². The molecule has 4 N–H and O–H groups in total. The number of halogens is 1. The fraction of sp³-hybridized carbons (Fsp3) is 0.0625. The van der Waals surface area contributed by atoms with Crippen molar-refractivity contribution in [2.75, 3.05) is 5.73 Å². The molecule has 0 saturated carbocycles. The van der Waals surface area contributed by atoms with Crippen LogP contribution < -0.4 is 11.1 Å². The van der Waals surface area contributed by atoms with Gasteiger partial charge in [0.2, 0.25) is 0 Å². The Labute approximate surface area is 130 Å². The van der Waals surface area contributed by atoms with E-state index in [-0.39, 0.29) is 5.91 Å². The van der Waals surface area contributed by atoms with Gasteiger partial charge in [-0.1, -0.05) is 28.1 Å². The van der Waals surface area contributed by atoms with E-state index in [1.54, 1.807) is 12.3 Å². The Hall–Kier alpha value is -2.27. The lowest BCUT2D eigenvalue weighted by Crippen LogP contribution is -2.22. The van der Waals surface area contributed by atoms with Crippen LogP contribution >= 0.6 is 15.9 Å². The summed E-state index contributed by atoms with van der Waals surface area (Å²) in [5.74, 6) is -0.116. The number of hydrogen-bond acceptors (Lipinski definition) is 2. The van der Waals surface area contributed by atoms with Gasteiger partial charge in [0.15, 0.2) is 0 Å². The molecule has 5 heteroatoms. The van der Waals surface area contributed by atoms with Crippen molar-refractivity contribution in [3.8, 4) is 0 Å². The maximum Gasteiger partial charge on any atom is 0.253 e. The van der Waals surface area contributed by atoms with E-state index in [1.165, 1.54) is 0 Å². The van der Waals surface area contributed by atoms with E-state index in [4.69, 9.17) is 5.73 Å². The summed E-state index contributed by atoms with van der Waals surface area (Å²) in [6.07, 6.45) is 1.71. The van der Waals surface area contributed by atoms with Crippen LogP contribution in [0.5, 0.6) is 0 Å². The molecule has 1 aromatic heterocycles. The number of rotatable bonds is 3. The topological polar surface area (TPSA) is 70.9 Å². The summed E-state index contributed by atoms with van der Waals surface area (Å²) >= 11 is 3.39. The van der Waals surface area contributed by atoms with Gasteiger partial charge in [-0.25, -0.2) is 0 Å². The number of anilines is 1. The van der Waals surface area contributed by atoms with Gasteiger partial charge >= 0.3 is 0 Å². The molecule has 0 atom stereocenters. The molecule has 21 heavy (non-hydrogen) atoms. The third kappa shape index (κ3) is 2.92. The van der Waals surface area contributed by atoms with Crippen LogP contribution in [0, 0.1) is 0 Å². The van der Waals surface area contributed by atoms with Gasteiger partial charge < -0.3 is 16.0 Å². The first-order valence-electron chi connectivity index (χ1n) is 6.53. The SMILES string of the molecule is Nc1ccc2[nH]cc(C(=O)NCc3ccc(Br)cc3)c2c1. The second kappa shape index (κ2) is 5.61. The third-order valence-electron chi connectivity index (χ3n) is 3.32. The fourth-order valence-electron chi connectivity index (χ4n) is 2.21. The number of hydrogen-bond donors (Lipinski definition) is 3. The lowest BCUT2D eigenvalue weighted by Gasteiger charge is -2.05. The number of H-pyrrole nitrogens is 1. The molecule has 0 unspecified atom stereocenters. The molecule has 0 saturated heterocycles. The molecule has 1 amide bonds. The second-order valence-electron chi connectivity index (χ2n) is 4.82. The minimum absolute atomic E-state index is 0.116. The van der Waals surface area contributed by atoms with E-state index in [1.807, 2.05) is 36.4 Å². The number of nitrogen functional groups attached to an aromatic ring is 1. The molecule has 1 heterocycles. The first kappa shape index (κ1) is 13.7. The van der Waals surface area contributed by atoms with E-state index in [9.17, 15) is 4.79 Å². The number of fused-ring (bicyclic) bond motifs is 1. The van der Waals surface area contributed by atoms with Gasteiger partial charge in [0.25, 0.3) is 5.91 Å². The van der Waals surface area contributed by atoms with Gasteiger partial charge in [-0.3, -0.25) is 4.79 Å². The molecule has 0 fully saturated rings. The van der Waals surface area contributed by atoms with Gasteiger partial charge in [0.1, 0.15) is 0 Å². The van der Waals surface area contributed by atoms with Crippen LogP contribution in [-0.4, -0.2) is 10.9 Å². The van der Waals surface area contributed by atoms with Crippen LogP contribution in [0.25, 0.3) is 10.9 Å². The first-order chi connectivity index (χ1) is 10.1. The largest absolute Gasteiger partial charge is 0.399 e. The second-order valence-corrected chi connectivity index (χ2v) is 5.73. The summed E-state index contributed by atoms with van der Waals surface area (Å²) in [6.45, 7) is 0.487. The Morgan fingerprint density at radius 3 is 2.71 bits per heavy atom. The summed E-state index contributed by atoms with van der Waals surface area (Å²) in [5.41, 5.74) is 8.98. The molecule has 0 aliphatic rings. The number of nitrogens with two attached hydrogens (primary N) is 1. The minimum Gasteiger partial charge on any atom is -0.399 e. The highest BCUT2D eigenvalue weighted by molar-refractivity contribution is 9.10. The van der Waals surface area contributed by atoms with E-state index in [0.717, 1.165) is 20.9 Å². The van der Waals surface area contributed by atoms with E-state index in [2.05, 4.69) is 26.2 Å². The average molecular weight is 344 g/mol. The molecule has 0 bridgehead atoms. The number of aromatic amines is 1. The van der Waals surface area contributed by atoms with Crippen LogP contribution in [0.15, 0.2) is 53.1 Å². The summed E-state index contributed by atoms with van der Waals surface area (Å²) in [7, 11) is 0. The maximum absolute atomic E-state index is 12.3. The van der Waals surface area contributed by atoms with Gasteiger partial charge in [0.05, 0.1) is 5.56 Å². The predicted molar refractivity (Wildman–Crippen MR) is 88.0 cm³/mol. The van der Waals surface area contributed by atoms with Crippen LogP contribution in [0.2, 0.25) is 0 Å². The van der Waals surface area contributed by atoms with Crippen molar-refractivity contribution in [1.82, 2.24) is 10.3 Å². The van der Waals surface area contributed by atoms with Crippen molar-refractivity contribution in [2.45, 2.75) is 6.54 Å². The van der Waals surface area contributed by atoms with Gasteiger partial charge in [-0.15, -0.1) is 0 Å². The van der Waals surface area contributed by atoms with Crippen LogP contribution in [0.4, 0.5) is 5.69 Å². The third-order valence-corrected chi connectivity index (χ3v) is 3.85. The van der Waals surface area contributed by atoms with Crippen LogP contribution in [0.1, 0.15) is 15.9 Å². The molecule has 2 aromatic carbocycles. The van der Waals surface area contributed by atoms with E-state index < -0.39 is 0 Å². The standard InChI is InChI=1S/C16H14BrN3O/c17-11-3-1-10(2-4-11)8-20-16(21)14-9-19-15-6-5-12(18)7-13(14)15/h1-7,9,19H,8,18H2,(H,20,21). The lowest BCUT2D eigenvalue weighted by molar-refractivity contribution is 0.0952. The highest BCUT2D eigenvalue weighted by Gasteiger charge is 2.11. The zero-order chi connectivity index (χ0) is 14.8. The van der Waals surface area contributed by atoms with Crippen molar-refractivity contribution >= 4 is 38.4 Å². The zero-order valence-electron chi connectivity index (χ0n) is 11.2. The average Bonchev–Trinajstić information content (AvgIpc) is 2.89. The monoisotopic (exact) mass is 343 g/mol. The molecule has 0 spiro atoms. The highest BCUT2D eigenvalue weighted by atomic mass is 79.9. The highest BCUT2D eigenvalue weighted by Crippen LogP contribution is 2.21. The predicted octanol–water partition coefficient (Wildman–Crippen LogP) is 3.44. The Morgan fingerprint density at radius 2 is 1.95 bits per heavy atom. The normalized spacial score (nSPS) is 10.7. The lowest BCUT2D eigenvalue weighted by atomic mass is 10.1. The molecule has 3 aromatic rings. The molecular weight excluding hydrogens is 330 g/mol. The Morgan fingerprint density at radius 1 is 1.19 bits per heavy atom. The number of benzene rings is 2. The molecule has 0 aliphatic carbocycles. The molecule has 3 rings (SSSR count). The molecule has 106 valence electrons. The maximum atomic E-state index is 12.3. The van der Waals surface area contributed by atoms with Gasteiger partial charge in [0, 0.05) is 33.8 Å². The number of carbonyl (C=O) groups is 1. The number of carbonyl (C=O) groups excluding carboxylic acids is 1. The summed E-state index contributed by atoms with van der Waals surface area (Å²) in [5, 5.41) is 3.75. The molecular formula is C16H14BrN3O. The zero-order valence-corrected chi connectivity index (χ0v) is 12.8. The van der Waals surface area contributed by atoms with Crippen molar-refractivity contribution in [3.05, 3.63) is 64.3 Å². The summed E-state index contributed by atoms with van der Waals surface area (Å²) in [4.78, 5) is 15.4. The smallest absolute Gasteiger partial charge is 0.253 e. The van der Waals surface area contributed by atoms with Crippen molar-refractivity contribution in [1.29, 1.82) is 0 Å². The Balaban J connectivity index is 1.78. The first-order valence-corrected chi connectivity index (χ1v) is 7.32. The van der Waals surface area contributed by atoms with Gasteiger partial charge in [-0.2, -0.15) is 0 Å². The quantitative estimate of drug-likeness (QED) is 0.637. The van der Waals surface area contributed by atoms with Gasteiger partial charge in [-0.05, 0) is 35.9 Å². The number of nitrogens with one attached hydrogen (secondary N) is 2. The number of aromatic nitrogens is 1. The Bertz CT molecular complexity index is 793. The Kier molecular flexibility index (Phi) is 3.66. The molecule has 0 aliphatic heterocycles. The van der Waals surface area contributed by atoms with E-state index in [0.29, 0.717) is 17.8 Å². The van der Waals surface area contributed by atoms with Crippen molar-refractivity contribution < 1.29 is 4.79 Å². The molecule has 4 nitrogen and oxygen atoms in total. The molecule has 0 radical (unpaired) electrons. The van der Waals surface area contributed by atoms with Crippen molar-refractivity contribution in [3.63, 3.8) is 0 Å². The fourth-order valence-corrected chi connectivity index (χ4v) is 2.47.